The highest BCUT2D eigenvalue weighted by Gasteiger charge is 2.33. The van der Waals surface area contributed by atoms with Gasteiger partial charge in [-0.15, -0.1) is 0 Å². The summed E-state index contributed by atoms with van der Waals surface area (Å²) in [7, 11) is -2.16. The molecule has 0 unspecified atom stereocenters. The normalized spacial score (nSPS) is 16.9. The number of carbonyl (C=O) groups is 2. The quantitative estimate of drug-likeness (QED) is 0.594. The van der Waals surface area contributed by atoms with Crippen molar-refractivity contribution in [3.05, 3.63) is 53.6 Å². The number of anilines is 1. The maximum atomic E-state index is 13.2. The van der Waals surface area contributed by atoms with Crippen LogP contribution in [0.4, 0.5) is 5.69 Å². The van der Waals surface area contributed by atoms with Crippen LogP contribution < -0.4 is 15.4 Å². The number of nitrogens with zero attached hydrogens (tertiary/aromatic N) is 1. The van der Waals surface area contributed by atoms with Gasteiger partial charge >= 0.3 is 11.8 Å². The van der Waals surface area contributed by atoms with Crippen molar-refractivity contribution in [2.45, 2.75) is 36.6 Å². The number of carbonyl (C=O) groups excluding carboxylic acids is 2. The maximum Gasteiger partial charge on any atom is 0.313 e. The molecule has 2 aromatic rings. The van der Waals surface area contributed by atoms with Crippen molar-refractivity contribution in [1.29, 1.82) is 0 Å². The fraction of sp³-hybridized carbons (Fsp3) is 0.364. The molecule has 3 rings (SSSR count). The Morgan fingerprint density at radius 1 is 1.09 bits per heavy atom. The lowest BCUT2D eigenvalue weighted by molar-refractivity contribution is -0.136. The number of para-hydroxylation sites is 1. The second-order valence-corrected chi connectivity index (χ2v) is 9.72. The molecule has 2 aromatic carbocycles. The first-order valence-corrected chi connectivity index (χ1v) is 12.1. The molecule has 2 amide bonds. The zero-order valence-electron chi connectivity index (χ0n) is 17.7. The Labute approximate surface area is 192 Å². The molecular weight excluding hydrogens is 454 g/mol. The Morgan fingerprint density at radius 2 is 1.81 bits per heavy atom. The fourth-order valence-electron chi connectivity index (χ4n) is 3.64. The SMILES string of the molecule is COc1ccc(S(=O)(=O)N2CCCC[C@@H]2CCNC(=O)C(=O)Nc2ccccc2Cl)cc1. The molecular formula is C22H26ClN3O5S. The molecule has 0 bridgehead atoms. The lowest BCUT2D eigenvalue weighted by Gasteiger charge is -2.34. The van der Waals surface area contributed by atoms with Gasteiger partial charge in [-0.25, -0.2) is 8.42 Å². The highest BCUT2D eigenvalue weighted by molar-refractivity contribution is 7.89. The van der Waals surface area contributed by atoms with E-state index in [2.05, 4.69) is 10.6 Å². The summed E-state index contributed by atoms with van der Waals surface area (Å²) in [6, 6.07) is 12.6. The van der Waals surface area contributed by atoms with Gasteiger partial charge in [-0.3, -0.25) is 9.59 Å². The van der Waals surface area contributed by atoms with E-state index < -0.39 is 21.8 Å². The predicted octanol–water partition coefficient (Wildman–Crippen LogP) is 3.04. The molecule has 0 radical (unpaired) electrons. The number of rotatable bonds is 7. The minimum atomic E-state index is -3.68. The van der Waals surface area contributed by atoms with Crippen LogP contribution in [0, 0.1) is 0 Å². The molecule has 1 heterocycles. The number of ether oxygens (including phenoxy) is 1. The number of benzene rings is 2. The molecule has 1 fully saturated rings. The minimum Gasteiger partial charge on any atom is -0.497 e. The molecule has 8 nitrogen and oxygen atoms in total. The van der Waals surface area contributed by atoms with Crippen LogP contribution in [0.15, 0.2) is 53.4 Å². The van der Waals surface area contributed by atoms with Crippen LogP contribution in [0.5, 0.6) is 5.75 Å². The van der Waals surface area contributed by atoms with Gasteiger partial charge in [0.25, 0.3) is 0 Å². The lowest BCUT2D eigenvalue weighted by atomic mass is 10.0. The molecule has 1 aliphatic heterocycles. The Kier molecular flexibility index (Phi) is 8.11. The van der Waals surface area contributed by atoms with E-state index in [9.17, 15) is 18.0 Å². The molecule has 0 spiro atoms. The van der Waals surface area contributed by atoms with Crippen molar-refractivity contribution in [2.24, 2.45) is 0 Å². The van der Waals surface area contributed by atoms with Gasteiger partial charge in [-0.2, -0.15) is 4.31 Å². The summed E-state index contributed by atoms with van der Waals surface area (Å²) in [4.78, 5) is 24.5. The Balaban J connectivity index is 1.58. The molecule has 0 saturated carbocycles. The van der Waals surface area contributed by atoms with Crippen LogP contribution in [0.1, 0.15) is 25.7 Å². The van der Waals surface area contributed by atoms with Crippen LogP contribution in [-0.2, 0) is 19.6 Å². The number of hydrogen-bond donors (Lipinski definition) is 2. The summed E-state index contributed by atoms with van der Waals surface area (Å²) in [6.07, 6.45) is 2.77. The summed E-state index contributed by atoms with van der Waals surface area (Å²) in [5.74, 6) is -1.05. The second-order valence-electron chi connectivity index (χ2n) is 7.42. The van der Waals surface area contributed by atoms with Gasteiger partial charge in [-0.05, 0) is 55.7 Å². The summed E-state index contributed by atoms with van der Waals surface area (Å²) in [6.45, 7) is 0.591. The van der Waals surface area contributed by atoms with E-state index in [1.54, 1.807) is 36.4 Å². The molecule has 32 heavy (non-hydrogen) atoms. The van der Waals surface area contributed by atoms with Crippen LogP contribution in [0.25, 0.3) is 0 Å². The summed E-state index contributed by atoms with van der Waals surface area (Å²) in [5.41, 5.74) is 0.346. The molecule has 0 aliphatic carbocycles. The monoisotopic (exact) mass is 479 g/mol. The zero-order chi connectivity index (χ0) is 23.1. The third-order valence-electron chi connectivity index (χ3n) is 5.33. The van der Waals surface area contributed by atoms with Gasteiger partial charge in [0.15, 0.2) is 0 Å². The number of hydrogen-bond acceptors (Lipinski definition) is 5. The first-order chi connectivity index (χ1) is 15.3. The molecule has 10 heteroatoms. The number of halogens is 1. The summed E-state index contributed by atoms with van der Waals surface area (Å²) in [5, 5.41) is 5.36. The smallest absolute Gasteiger partial charge is 0.313 e. The Bertz CT molecular complexity index is 1060. The highest BCUT2D eigenvalue weighted by atomic mass is 35.5. The van der Waals surface area contributed by atoms with E-state index in [0.717, 1.165) is 12.8 Å². The van der Waals surface area contributed by atoms with Crippen molar-refractivity contribution in [1.82, 2.24) is 9.62 Å². The van der Waals surface area contributed by atoms with E-state index in [1.165, 1.54) is 23.5 Å². The lowest BCUT2D eigenvalue weighted by Crippen LogP contribution is -2.45. The van der Waals surface area contributed by atoms with Crippen LogP contribution in [-0.4, -0.2) is 50.8 Å². The third kappa shape index (κ3) is 5.79. The van der Waals surface area contributed by atoms with Crippen molar-refractivity contribution in [3.8, 4) is 5.75 Å². The second kappa shape index (κ2) is 10.8. The van der Waals surface area contributed by atoms with Crippen molar-refractivity contribution < 1.29 is 22.7 Å². The third-order valence-corrected chi connectivity index (χ3v) is 7.63. The number of amides is 2. The molecule has 172 valence electrons. The van der Waals surface area contributed by atoms with E-state index in [1.807, 2.05) is 0 Å². The Hall–Kier alpha value is -2.62. The average molecular weight is 480 g/mol. The molecule has 2 N–H and O–H groups in total. The fourth-order valence-corrected chi connectivity index (χ4v) is 5.54. The van der Waals surface area contributed by atoms with Crippen LogP contribution >= 0.6 is 11.6 Å². The minimum absolute atomic E-state index is 0.175. The molecule has 1 aliphatic rings. The van der Waals surface area contributed by atoms with Crippen LogP contribution in [0.3, 0.4) is 0 Å². The topological polar surface area (TPSA) is 105 Å². The van der Waals surface area contributed by atoms with Gasteiger partial charge < -0.3 is 15.4 Å². The number of nitrogens with one attached hydrogen (secondary N) is 2. The van der Waals surface area contributed by atoms with Gasteiger partial charge in [-0.1, -0.05) is 30.2 Å². The van der Waals surface area contributed by atoms with Crippen LogP contribution in [0.2, 0.25) is 5.02 Å². The van der Waals surface area contributed by atoms with Gasteiger partial charge in [0, 0.05) is 19.1 Å². The molecule has 1 atom stereocenters. The van der Waals surface area contributed by atoms with E-state index in [4.69, 9.17) is 16.3 Å². The van der Waals surface area contributed by atoms with Gasteiger partial charge in [0.2, 0.25) is 10.0 Å². The maximum absolute atomic E-state index is 13.2. The van der Waals surface area contributed by atoms with E-state index in [-0.39, 0.29) is 17.5 Å². The van der Waals surface area contributed by atoms with Crippen molar-refractivity contribution >= 4 is 39.1 Å². The first kappa shape index (κ1) is 24.0. The highest BCUT2D eigenvalue weighted by Crippen LogP contribution is 2.28. The molecule has 0 aromatic heterocycles. The molecule has 1 saturated heterocycles. The van der Waals surface area contributed by atoms with Gasteiger partial charge in [0.05, 0.1) is 22.7 Å². The average Bonchev–Trinajstić information content (AvgIpc) is 2.80. The van der Waals surface area contributed by atoms with Crippen molar-refractivity contribution in [2.75, 3.05) is 25.5 Å². The van der Waals surface area contributed by atoms with Crippen molar-refractivity contribution in [3.63, 3.8) is 0 Å². The van der Waals surface area contributed by atoms with Gasteiger partial charge in [0.1, 0.15) is 5.75 Å². The number of sulfonamides is 1. The Morgan fingerprint density at radius 3 is 2.50 bits per heavy atom. The predicted molar refractivity (Wildman–Crippen MR) is 122 cm³/mol. The standard InChI is InChI=1S/C22H26ClN3O5S/c1-31-17-9-11-18(12-10-17)32(29,30)26-15-5-4-6-16(26)13-14-24-21(27)22(28)25-20-8-3-2-7-19(20)23/h2-3,7-12,16H,4-6,13-15H2,1H3,(H,24,27)(H,25,28)/t16-/m1/s1. The largest absolute Gasteiger partial charge is 0.497 e. The first-order valence-electron chi connectivity index (χ1n) is 10.3. The van der Waals surface area contributed by atoms with E-state index in [0.29, 0.717) is 35.8 Å². The number of piperidine rings is 1. The number of methoxy groups -OCH3 is 1. The summed E-state index contributed by atoms with van der Waals surface area (Å²) < 4.78 is 32.9. The zero-order valence-corrected chi connectivity index (χ0v) is 19.3. The van der Waals surface area contributed by atoms with E-state index >= 15 is 0 Å². The summed E-state index contributed by atoms with van der Waals surface area (Å²) >= 11 is 5.99.